The third kappa shape index (κ3) is 14.7. The number of rotatable bonds is 17. The summed E-state index contributed by atoms with van der Waals surface area (Å²) in [7, 11) is 0. The molecule has 0 fully saturated rings. The molecule has 1 N–H and O–H groups in total. The molecule has 4 aromatic rings. The van der Waals surface area contributed by atoms with E-state index in [1.165, 1.54) is 15.4 Å². The molecule has 360 valence electrons. The summed E-state index contributed by atoms with van der Waals surface area (Å²) >= 11 is 3.42. The van der Waals surface area contributed by atoms with Crippen LogP contribution in [-0.2, 0) is 70.0 Å². The van der Waals surface area contributed by atoms with Gasteiger partial charge in [-0.25, -0.2) is 0 Å². The zero-order chi connectivity index (χ0) is 48.8. The Morgan fingerprint density at radius 3 is 1.28 bits per heavy atom. The molecule has 0 radical (unpaired) electrons. The SMILES string of the molecule is CCOC(=O)C(C(=O)OCC)(C(=O)OCC)[C@H]1CCCc2cc(Sc3ccccc3)ccc21.CCOC(=O)C(C(=O)OCC)C(=O)OCC.OC1CCCc2cc(Sc3ccccc3)ccc21. The van der Waals surface area contributed by atoms with Gasteiger partial charge in [0.05, 0.1) is 45.7 Å². The summed E-state index contributed by atoms with van der Waals surface area (Å²) in [5.74, 6) is -7.94. The van der Waals surface area contributed by atoms with Gasteiger partial charge < -0.3 is 33.5 Å². The highest BCUT2D eigenvalue weighted by Gasteiger charge is 2.63. The maximum absolute atomic E-state index is 13.3. The molecule has 2 atom stereocenters. The predicted octanol–water partition coefficient (Wildman–Crippen LogP) is 9.43. The Hall–Kier alpha value is -5.64. The topological polar surface area (TPSA) is 178 Å². The second kappa shape index (κ2) is 27.9. The summed E-state index contributed by atoms with van der Waals surface area (Å²) < 4.78 is 29.6. The lowest BCUT2D eigenvalue weighted by Crippen LogP contribution is -2.54. The standard InChI is InChI=1S/C26H30O6S.C16H16OS.C10H16O6/c1-4-30-23(27)26(24(28)31-5-2,25(29)32-6-3)22-14-10-11-18-17-20(15-16-21(18)22)33-19-12-8-7-9-13-19;17-16-8-4-5-12-11-14(9-10-15(12)16)18-13-6-2-1-3-7-13;1-4-14-8(11)7(9(12)15-5-2)10(13)16-6-3/h7-9,12-13,15-17,22H,4-6,10-11,14H2,1-3H3;1-3,6-7,9-11,16-17H,4-5,8H2;7H,4-6H2,1-3H3/t22-;;/m0../s1. The zero-order valence-electron chi connectivity index (χ0n) is 39.1. The molecule has 15 heteroatoms. The molecule has 0 aromatic heterocycles. The molecule has 0 spiro atoms. The average Bonchev–Trinajstić information content (AvgIpc) is 3.31. The van der Waals surface area contributed by atoms with Crippen molar-refractivity contribution in [2.45, 2.75) is 112 Å². The smallest absolute Gasteiger partial charge is 0.335 e. The maximum atomic E-state index is 13.3. The van der Waals surface area contributed by atoms with Gasteiger partial charge in [-0.1, -0.05) is 72.1 Å². The Morgan fingerprint density at radius 2 is 0.881 bits per heavy atom. The Kier molecular flexibility index (Phi) is 22.4. The predicted molar refractivity (Wildman–Crippen MR) is 253 cm³/mol. The van der Waals surface area contributed by atoms with Gasteiger partial charge >= 0.3 is 35.8 Å². The van der Waals surface area contributed by atoms with Crippen LogP contribution in [0.25, 0.3) is 0 Å². The molecule has 0 saturated heterocycles. The monoisotopic (exact) mass is 958 g/mol. The van der Waals surface area contributed by atoms with Crippen LogP contribution in [0.15, 0.2) is 117 Å². The van der Waals surface area contributed by atoms with Crippen LogP contribution in [0.3, 0.4) is 0 Å². The number of hydrogen-bond donors (Lipinski definition) is 1. The van der Waals surface area contributed by atoms with Gasteiger partial charge in [0, 0.05) is 25.5 Å². The number of carbonyl (C=O) groups is 6. The van der Waals surface area contributed by atoms with Gasteiger partial charge in [-0.3, -0.25) is 28.8 Å². The number of fused-ring (bicyclic) bond motifs is 2. The highest BCUT2D eigenvalue weighted by molar-refractivity contribution is 7.99. The minimum absolute atomic E-state index is 0.0334. The lowest BCUT2D eigenvalue weighted by atomic mass is 9.66. The van der Waals surface area contributed by atoms with E-state index in [0.717, 1.165) is 58.6 Å². The zero-order valence-corrected chi connectivity index (χ0v) is 40.8. The van der Waals surface area contributed by atoms with E-state index < -0.39 is 53.1 Å². The van der Waals surface area contributed by atoms with E-state index in [2.05, 4.69) is 62.7 Å². The lowest BCUT2D eigenvalue weighted by molar-refractivity contribution is -0.187. The second-order valence-electron chi connectivity index (χ2n) is 15.1. The summed E-state index contributed by atoms with van der Waals surface area (Å²) in [6.45, 7) is 9.98. The van der Waals surface area contributed by atoms with Gasteiger partial charge in [0.15, 0.2) is 0 Å². The quantitative estimate of drug-likeness (QED) is 0.0601. The van der Waals surface area contributed by atoms with Gasteiger partial charge in [-0.2, -0.15) is 0 Å². The van der Waals surface area contributed by atoms with E-state index in [1.54, 1.807) is 65.1 Å². The van der Waals surface area contributed by atoms with E-state index in [0.29, 0.717) is 6.42 Å². The molecule has 2 aliphatic carbocycles. The Labute approximate surface area is 402 Å². The summed E-state index contributed by atoms with van der Waals surface area (Å²) in [5.41, 5.74) is 2.04. The number of carbonyl (C=O) groups excluding carboxylic acids is 6. The molecule has 1 unspecified atom stereocenters. The normalized spacial score (nSPS) is 14.8. The molecule has 13 nitrogen and oxygen atoms in total. The number of aliphatic hydroxyl groups is 1. The van der Waals surface area contributed by atoms with E-state index >= 15 is 0 Å². The van der Waals surface area contributed by atoms with Gasteiger partial charge in [-0.15, -0.1) is 0 Å². The third-order valence-electron chi connectivity index (χ3n) is 10.7. The molecule has 2 aliphatic rings. The first-order valence-corrected chi connectivity index (χ1v) is 24.4. The molecular formula is C52H62O13S2. The van der Waals surface area contributed by atoms with E-state index in [-0.39, 0.29) is 45.7 Å². The summed E-state index contributed by atoms with van der Waals surface area (Å²) in [4.78, 5) is 78.6. The minimum atomic E-state index is -2.19. The maximum Gasteiger partial charge on any atom is 0.335 e. The average molecular weight is 959 g/mol. The van der Waals surface area contributed by atoms with Crippen LogP contribution >= 0.6 is 23.5 Å². The number of benzene rings is 4. The third-order valence-corrected chi connectivity index (χ3v) is 12.7. The van der Waals surface area contributed by atoms with Crippen LogP contribution in [0.4, 0.5) is 0 Å². The van der Waals surface area contributed by atoms with E-state index in [1.807, 2.05) is 48.5 Å². The fourth-order valence-electron chi connectivity index (χ4n) is 7.76. The largest absolute Gasteiger partial charge is 0.465 e. The van der Waals surface area contributed by atoms with Gasteiger partial charge in [0.25, 0.3) is 11.3 Å². The second-order valence-corrected chi connectivity index (χ2v) is 17.4. The fraction of sp³-hybridized carbons (Fsp3) is 0.423. The molecule has 0 saturated carbocycles. The number of aliphatic hydroxyl groups excluding tert-OH is 1. The van der Waals surface area contributed by atoms with Crippen molar-refractivity contribution < 1.29 is 62.3 Å². The van der Waals surface area contributed by atoms with E-state index in [4.69, 9.17) is 14.2 Å². The first kappa shape index (κ1) is 54.0. The van der Waals surface area contributed by atoms with Gasteiger partial charge in [-0.05, 0) is 151 Å². The van der Waals surface area contributed by atoms with Crippen LogP contribution < -0.4 is 0 Å². The van der Waals surface area contributed by atoms with Gasteiger partial charge in [0.2, 0.25) is 0 Å². The minimum Gasteiger partial charge on any atom is -0.465 e. The van der Waals surface area contributed by atoms with Crippen LogP contribution in [0, 0.1) is 11.3 Å². The molecule has 0 aliphatic heterocycles. The van der Waals surface area contributed by atoms with Crippen molar-refractivity contribution in [2.24, 2.45) is 11.3 Å². The lowest BCUT2D eigenvalue weighted by Gasteiger charge is -2.37. The molecule has 0 bridgehead atoms. The van der Waals surface area contributed by atoms with Crippen molar-refractivity contribution in [1.29, 1.82) is 0 Å². The van der Waals surface area contributed by atoms with E-state index in [9.17, 15) is 33.9 Å². The molecule has 6 rings (SSSR count). The van der Waals surface area contributed by atoms with Crippen LogP contribution in [0.5, 0.6) is 0 Å². The Morgan fingerprint density at radius 1 is 0.507 bits per heavy atom. The summed E-state index contributed by atoms with van der Waals surface area (Å²) in [6.07, 6.45) is 4.80. The number of esters is 6. The summed E-state index contributed by atoms with van der Waals surface area (Å²) in [5, 5.41) is 9.94. The molecule has 0 heterocycles. The number of aryl methyl sites for hydroxylation is 2. The molecule has 67 heavy (non-hydrogen) atoms. The molecule has 0 amide bonds. The van der Waals surface area contributed by atoms with Gasteiger partial charge in [0.1, 0.15) is 0 Å². The number of hydrogen-bond acceptors (Lipinski definition) is 15. The van der Waals surface area contributed by atoms with Crippen molar-refractivity contribution in [3.8, 4) is 0 Å². The van der Waals surface area contributed by atoms with Crippen LogP contribution in [0.1, 0.15) is 102 Å². The number of ether oxygens (including phenoxy) is 6. The molecule has 4 aromatic carbocycles. The van der Waals surface area contributed by atoms with Crippen molar-refractivity contribution in [3.05, 3.63) is 119 Å². The van der Waals surface area contributed by atoms with Crippen LogP contribution in [0.2, 0.25) is 0 Å². The molecular weight excluding hydrogens is 897 g/mol. The van der Waals surface area contributed by atoms with Crippen molar-refractivity contribution in [1.82, 2.24) is 0 Å². The van der Waals surface area contributed by atoms with Crippen molar-refractivity contribution in [3.63, 3.8) is 0 Å². The van der Waals surface area contributed by atoms with Crippen LogP contribution in [-0.4, -0.2) is 80.6 Å². The highest BCUT2D eigenvalue weighted by atomic mass is 32.2. The Bertz CT molecular complexity index is 2160. The summed E-state index contributed by atoms with van der Waals surface area (Å²) in [6, 6.07) is 32.8. The van der Waals surface area contributed by atoms with Crippen molar-refractivity contribution >= 4 is 59.3 Å². The van der Waals surface area contributed by atoms with Crippen molar-refractivity contribution in [2.75, 3.05) is 39.6 Å². The fourth-order valence-corrected chi connectivity index (χ4v) is 9.56. The first-order valence-electron chi connectivity index (χ1n) is 22.8. The Balaban J connectivity index is 0.000000242. The highest BCUT2D eigenvalue weighted by Crippen LogP contribution is 2.48. The first-order chi connectivity index (χ1) is 32.4.